The van der Waals surface area contributed by atoms with Gasteiger partial charge in [-0.15, -0.1) is 0 Å². The highest BCUT2D eigenvalue weighted by atomic mass is 16.5. The molecule has 16 rings (SSSR count). The number of hydrogen-bond donors (Lipinski definition) is 0. The minimum Gasteiger partial charge on any atom is -0.458 e. The molecule has 0 saturated heterocycles. The van der Waals surface area contributed by atoms with Gasteiger partial charge in [-0.1, -0.05) is 164 Å². The lowest BCUT2D eigenvalue weighted by atomic mass is 9.30. The van der Waals surface area contributed by atoms with Gasteiger partial charge in [0, 0.05) is 57.3 Å². The molecule has 0 fully saturated rings. The van der Waals surface area contributed by atoms with Crippen molar-refractivity contribution in [2.24, 2.45) is 0 Å². The van der Waals surface area contributed by atoms with Gasteiger partial charge in [-0.3, -0.25) is 0 Å². The zero-order valence-corrected chi connectivity index (χ0v) is 54.0. The van der Waals surface area contributed by atoms with Crippen LogP contribution in [0.25, 0.3) is 22.3 Å². The van der Waals surface area contributed by atoms with Crippen LogP contribution in [0.4, 0.5) is 51.2 Å². The number of anilines is 9. The van der Waals surface area contributed by atoms with Crippen LogP contribution in [0.1, 0.15) is 137 Å². The molecular formula is C82H79B2N3O. The van der Waals surface area contributed by atoms with Crippen molar-refractivity contribution in [2.45, 2.75) is 144 Å². The average molecular weight is 1140 g/mol. The van der Waals surface area contributed by atoms with E-state index < -0.39 is 0 Å². The predicted octanol–water partition coefficient (Wildman–Crippen LogP) is 18.1. The minimum atomic E-state index is -0.117. The van der Waals surface area contributed by atoms with Crippen LogP contribution >= 0.6 is 0 Å². The Morgan fingerprint density at radius 2 is 0.727 bits per heavy atom. The Morgan fingerprint density at radius 1 is 0.318 bits per heavy atom. The first-order valence-corrected chi connectivity index (χ1v) is 32.4. The van der Waals surface area contributed by atoms with E-state index in [1.165, 1.54) is 163 Å². The lowest BCUT2D eigenvalue weighted by molar-refractivity contribution is 0.332. The first-order chi connectivity index (χ1) is 42.1. The maximum atomic E-state index is 7.78. The van der Waals surface area contributed by atoms with Crippen molar-refractivity contribution in [3.05, 3.63) is 232 Å². The molecule has 0 amide bonds. The number of benzene rings is 10. The molecule has 0 radical (unpaired) electrons. The highest BCUT2D eigenvalue weighted by molar-refractivity contribution is 7.02. The molecule has 6 heteroatoms. The SMILES string of the molecule is Cc1cc(C)c(-c2cc3c4c(c2)N(c2ccc5c(c2)C(C)(C)CCC5(C)C)c2ccccc2B4c2cc4c(cc2O3)N(c2ccccc2)c2cc(-c3c(C)cc(C)cc3C)cc3c2B4c2ccccc2N3c2ccc3c(c2)C(C)(C)CCC3(C)C)c(C)c1. The maximum absolute atomic E-state index is 7.78. The Kier molecular flexibility index (Phi) is 11.9. The van der Waals surface area contributed by atoms with Gasteiger partial charge in [0.2, 0.25) is 0 Å². The van der Waals surface area contributed by atoms with Gasteiger partial charge in [-0.05, 0) is 261 Å². The second kappa shape index (κ2) is 19.0. The average Bonchev–Trinajstić information content (AvgIpc) is 0.700. The first kappa shape index (κ1) is 54.9. The lowest BCUT2D eigenvalue weighted by Gasteiger charge is -2.46. The number of rotatable bonds is 5. The van der Waals surface area contributed by atoms with Gasteiger partial charge >= 0.3 is 0 Å². The van der Waals surface area contributed by atoms with Crippen LogP contribution < -0.4 is 52.2 Å². The third-order valence-corrected chi connectivity index (χ3v) is 21.9. The van der Waals surface area contributed by atoms with E-state index in [2.05, 4.69) is 288 Å². The first-order valence-electron chi connectivity index (χ1n) is 32.4. The maximum Gasteiger partial charge on any atom is 0.256 e. The predicted molar refractivity (Wildman–Crippen MR) is 376 cm³/mol. The summed E-state index contributed by atoms with van der Waals surface area (Å²) in [6.07, 6.45) is 4.64. The van der Waals surface area contributed by atoms with E-state index in [9.17, 15) is 0 Å². The molecule has 0 spiro atoms. The molecule has 0 saturated carbocycles. The van der Waals surface area contributed by atoms with Crippen LogP contribution in [-0.2, 0) is 21.7 Å². The van der Waals surface area contributed by atoms with Crippen LogP contribution in [0.15, 0.2) is 176 Å². The summed E-state index contributed by atoms with van der Waals surface area (Å²) in [5, 5.41) is 0. The number of fused-ring (bicyclic) bond motifs is 10. The van der Waals surface area contributed by atoms with E-state index >= 15 is 0 Å². The molecule has 0 atom stereocenters. The second-order valence-corrected chi connectivity index (χ2v) is 29.8. The number of nitrogens with zero attached hydrogens (tertiary/aromatic N) is 3. The quantitative estimate of drug-likeness (QED) is 0.160. The lowest BCUT2D eigenvalue weighted by Crippen LogP contribution is -2.64. The fraction of sp³-hybridized carbons (Fsp3) is 0.268. The summed E-state index contributed by atoms with van der Waals surface area (Å²) in [6.45, 7) is 32.9. The molecule has 4 nitrogen and oxygen atoms in total. The molecule has 10 aromatic carbocycles. The van der Waals surface area contributed by atoms with E-state index in [0.717, 1.165) is 35.7 Å². The van der Waals surface area contributed by atoms with Crippen molar-refractivity contribution in [3.8, 4) is 33.8 Å². The third kappa shape index (κ3) is 8.05. The normalized spacial score (nSPS) is 17.1. The van der Waals surface area contributed by atoms with Gasteiger partial charge in [0.05, 0.1) is 0 Å². The van der Waals surface area contributed by atoms with Crippen LogP contribution in [-0.4, -0.2) is 13.4 Å². The van der Waals surface area contributed by atoms with Crippen molar-refractivity contribution < 1.29 is 4.74 Å². The van der Waals surface area contributed by atoms with Crippen molar-refractivity contribution >= 4 is 97.4 Å². The summed E-state index contributed by atoms with van der Waals surface area (Å²) >= 11 is 0. The van der Waals surface area contributed by atoms with Gasteiger partial charge < -0.3 is 19.4 Å². The fourth-order valence-corrected chi connectivity index (χ4v) is 17.5. The van der Waals surface area contributed by atoms with Crippen LogP contribution in [0.3, 0.4) is 0 Å². The topological polar surface area (TPSA) is 19.0 Å². The highest BCUT2D eigenvalue weighted by Gasteiger charge is 2.49. The number of hydrogen-bond acceptors (Lipinski definition) is 4. The number of ether oxygens (including phenoxy) is 1. The zero-order chi connectivity index (χ0) is 60.8. The van der Waals surface area contributed by atoms with E-state index in [-0.39, 0.29) is 35.1 Å². The minimum absolute atomic E-state index is 0.0301. The largest absolute Gasteiger partial charge is 0.458 e. The third-order valence-electron chi connectivity index (χ3n) is 21.9. The van der Waals surface area contributed by atoms with Gasteiger partial charge in [-0.2, -0.15) is 0 Å². The molecule has 88 heavy (non-hydrogen) atoms. The van der Waals surface area contributed by atoms with E-state index in [1.807, 2.05) is 0 Å². The van der Waals surface area contributed by atoms with Crippen LogP contribution in [0.2, 0.25) is 0 Å². The summed E-state index contributed by atoms with van der Waals surface area (Å²) in [7, 11) is 0. The molecular weight excluding hydrogens is 1060 g/mol. The smallest absolute Gasteiger partial charge is 0.256 e. The molecule has 0 bridgehead atoms. The monoisotopic (exact) mass is 1140 g/mol. The van der Waals surface area contributed by atoms with Crippen molar-refractivity contribution in [2.75, 3.05) is 14.7 Å². The van der Waals surface area contributed by atoms with E-state index in [0.29, 0.717) is 0 Å². The molecule has 2 aliphatic carbocycles. The Bertz CT molecular complexity index is 4610. The Morgan fingerprint density at radius 3 is 1.22 bits per heavy atom. The second-order valence-electron chi connectivity index (χ2n) is 29.8. The van der Waals surface area contributed by atoms with Crippen LogP contribution in [0, 0.1) is 41.5 Å². The molecule has 0 unspecified atom stereocenters. The summed E-state index contributed by atoms with van der Waals surface area (Å²) < 4.78 is 7.78. The Labute approximate surface area is 523 Å². The molecule has 0 N–H and O–H groups in total. The Hall–Kier alpha value is -8.47. The molecule has 4 heterocycles. The summed E-state index contributed by atoms with van der Waals surface area (Å²) in [6, 6.07) is 68.9. The molecule has 4 aliphatic heterocycles. The van der Waals surface area contributed by atoms with Gasteiger partial charge in [0.25, 0.3) is 13.4 Å². The van der Waals surface area contributed by atoms with Crippen molar-refractivity contribution in [3.63, 3.8) is 0 Å². The van der Waals surface area contributed by atoms with E-state index in [4.69, 9.17) is 4.74 Å². The van der Waals surface area contributed by atoms with E-state index in [1.54, 1.807) is 0 Å². The van der Waals surface area contributed by atoms with Gasteiger partial charge in [0.1, 0.15) is 11.5 Å². The zero-order valence-electron chi connectivity index (χ0n) is 54.0. The van der Waals surface area contributed by atoms with Gasteiger partial charge in [0.15, 0.2) is 0 Å². The molecule has 10 aromatic rings. The summed E-state index contributed by atoms with van der Waals surface area (Å²) in [5.41, 5.74) is 37.0. The van der Waals surface area contributed by atoms with Crippen molar-refractivity contribution in [1.29, 1.82) is 0 Å². The standard InChI is InChI=1S/C82H79B2N3O/c1-48-36-50(3)75(51(4)37-48)54-40-70-77-71(41-54)86(57-28-30-59-61(44-57)81(11,12)34-32-79(59,7)8)67-26-20-18-24-63(67)83(77)65-46-66-73(47-69(65)85(70)56-22-16-15-17-23-56)88-74-43-55(76-52(5)38-49(2)39-53(76)6)42-72-78(74)84(66)64-25-19-21-27-68(64)87(72)58-29-31-60-62(45-58)82(13,14)35-33-80(60,9)10/h15-31,36-47H,32-35H2,1-14H3. The van der Waals surface area contributed by atoms with Gasteiger partial charge in [-0.25, -0.2) is 0 Å². The van der Waals surface area contributed by atoms with Crippen LogP contribution in [0.5, 0.6) is 11.5 Å². The molecule has 6 aliphatic rings. The molecule has 434 valence electrons. The molecule has 0 aromatic heterocycles. The summed E-state index contributed by atoms with van der Waals surface area (Å²) in [4.78, 5) is 7.79. The number of aryl methyl sites for hydroxylation is 6. The van der Waals surface area contributed by atoms with Crippen molar-refractivity contribution in [1.82, 2.24) is 0 Å². The fourth-order valence-electron chi connectivity index (χ4n) is 17.5. The summed E-state index contributed by atoms with van der Waals surface area (Å²) in [5.74, 6) is 1.81. The highest BCUT2D eigenvalue weighted by Crippen LogP contribution is 2.54. The number of para-hydroxylation sites is 3. The Balaban J connectivity index is 0.975.